The Morgan fingerprint density at radius 3 is 2.39 bits per heavy atom. The van der Waals surface area contributed by atoms with Crippen molar-refractivity contribution in [3.8, 4) is 0 Å². The quantitative estimate of drug-likeness (QED) is 0.243. The molecule has 38 heavy (non-hydrogen) atoms. The third-order valence-corrected chi connectivity index (χ3v) is 6.61. The molecule has 0 spiro atoms. The summed E-state index contributed by atoms with van der Waals surface area (Å²) in [5.41, 5.74) is -5.42. The molecule has 4 aromatic rings. The van der Waals surface area contributed by atoms with Gasteiger partial charge in [-0.25, -0.2) is 8.78 Å². The van der Waals surface area contributed by atoms with Crippen molar-refractivity contribution in [1.29, 1.82) is 0 Å². The molecule has 0 saturated heterocycles. The van der Waals surface area contributed by atoms with Crippen molar-refractivity contribution in [1.82, 2.24) is 5.32 Å². The molecule has 0 aliphatic carbocycles. The van der Waals surface area contributed by atoms with Crippen LogP contribution in [0.1, 0.15) is 37.4 Å². The fourth-order valence-corrected chi connectivity index (χ4v) is 4.85. The molecule has 5 nitrogen and oxygen atoms in total. The Balaban J connectivity index is 1.74. The van der Waals surface area contributed by atoms with Crippen LogP contribution in [0.4, 0.5) is 27.6 Å². The molecule has 4 aromatic carbocycles. The Morgan fingerprint density at radius 1 is 0.947 bits per heavy atom. The van der Waals surface area contributed by atoms with Gasteiger partial charge < -0.3 is 15.7 Å². The van der Waals surface area contributed by atoms with Crippen LogP contribution in [0.3, 0.4) is 0 Å². The average molecular weight is 567 g/mol. The lowest BCUT2D eigenvalue weighted by atomic mass is 9.89. The van der Waals surface area contributed by atoms with Crippen LogP contribution in [-0.4, -0.2) is 16.9 Å². The summed E-state index contributed by atoms with van der Waals surface area (Å²) in [6.45, 7) is 0. The zero-order valence-electron chi connectivity index (χ0n) is 18.7. The molecule has 0 radical (unpaired) electrons. The van der Waals surface area contributed by atoms with E-state index in [1.807, 2.05) is 0 Å². The number of hydrogen-bond donors (Lipinski definition) is 3. The maximum atomic E-state index is 14.2. The van der Waals surface area contributed by atoms with Gasteiger partial charge in [0.15, 0.2) is 5.72 Å². The molecule has 1 atom stereocenters. The molecule has 5 rings (SSSR count). The van der Waals surface area contributed by atoms with Crippen LogP contribution in [0.5, 0.6) is 0 Å². The summed E-state index contributed by atoms with van der Waals surface area (Å²) >= 11 is 12.3. The highest BCUT2D eigenvalue weighted by atomic mass is 35.5. The molecule has 3 N–H and O–H groups in total. The predicted octanol–water partition coefficient (Wildman–Crippen LogP) is 6.63. The van der Waals surface area contributed by atoms with Gasteiger partial charge in [-0.1, -0.05) is 29.3 Å². The first-order chi connectivity index (χ1) is 17.8. The molecule has 194 valence electrons. The summed E-state index contributed by atoms with van der Waals surface area (Å²) in [6.07, 6.45) is -4.93. The number of fused-ring (bicyclic) bond motifs is 3. The maximum Gasteiger partial charge on any atom is 0.416 e. The maximum absolute atomic E-state index is 14.2. The van der Waals surface area contributed by atoms with Crippen LogP contribution in [0, 0.1) is 11.6 Å². The van der Waals surface area contributed by atoms with E-state index in [-0.39, 0.29) is 43.9 Å². The monoisotopic (exact) mass is 566 g/mol. The van der Waals surface area contributed by atoms with Gasteiger partial charge in [0.05, 0.1) is 16.8 Å². The minimum Gasteiger partial charge on any atom is -0.363 e. The van der Waals surface area contributed by atoms with E-state index in [4.69, 9.17) is 23.2 Å². The Morgan fingerprint density at radius 2 is 1.68 bits per heavy atom. The average Bonchev–Trinajstić information content (AvgIpc) is 3.11. The molecule has 2 amide bonds. The van der Waals surface area contributed by atoms with Gasteiger partial charge in [0.1, 0.15) is 11.6 Å². The zero-order valence-corrected chi connectivity index (χ0v) is 20.2. The largest absolute Gasteiger partial charge is 0.416 e. The van der Waals surface area contributed by atoms with E-state index in [0.717, 1.165) is 18.2 Å². The first kappa shape index (κ1) is 25.9. The third kappa shape index (κ3) is 4.34. The number of halogens is 7. The fraction of sp³-hybridized carbons (Fsp3) is 0.0769. The molecule has 0 bridgehead atoms. The molecule has 0 saturated carbocycles. The molecule has 1 aliphatic rings. The first-order valence-corrected chi connectivity index (χ1v) is 11.5. The smallest absolute Gasteiger partial charge is 0.363 e. The van der Waals surface area contributed by atoms with E-state index < -0.39 is 46.5 Å². The number of nitrogens with one attached hydrogen (secondary N) is 2. The second-order valence-corrected chi connectivity index (χ2v) is 9.35. The number of amides is 2. The Bertz CT molecular complexity index is 1680. The van der Waals surface area contributed by atoms with E-state index in [0.29, 0.717) is 17.5 Å². The zero-order chi connectivity index (χ0) is 27.6. The Kier molecular flexibility index (Phi) is 6.09. The Labute approximate surface area is 220 Å². The normalized spacial score (nSPS) is 16.9. The topological polar surface area (TPSA) is 78.4 Å². The fourth-order valence-electron chi connectivity index (χ4n) is 4.42. The molecule has 0 aromatic heterocycles. The van der Waals surface area contributed by atoms with Crippen LogP contribution in [0.15, 0.2) is 60.7 Å². The van der Waals surface area contributed by atoms with Crippen LogP contribution in [-0.2, 0) is 11.9 Å². The number of alkyl halides is 3. The van der Waals surface area contributed by atoms with Crippen molar-refractivity contribution >= 4 is 51.5 Å². The van der Waals surface area contributed by atoms with E-state index in [1.165, 1.54) is 24.3 Å². The molecule has 1 heterocycles. The molecular formula is C26H13Cl2F5N2O3. The van der Waals surface area contributed by atoms with Gasteiger partial charge in [0, 0.05) is 26.7 Å². The highest BCUT2D eigenvalue weighted by Gasteiger charge is 2.47. The SMILES string of the molecule is O=C(Nc1cc2ccc(Cl)cc2c2c1C(O)(c1cc(F)ccc1Cl)NC2=O)c1cc(F)cc(C(F)(F)F)c1. The summed E-state index contributed by atoms with van der Waals surface area (Å²) in [6, 6.07) is 10.1. The van der Waals surface area contributed by atoms with E-state index in [2.05, 4.69) is 10.6 Å². The minimum absolute atomic E-state index is 0.134. The van der Waals surface area contributed by atoms with Crippen LogP contribution >= 0.6 is 23.2 Å². The molecule has 1 unspecified atom stereocenters. The molecular weight excluding hydrogens is 554 g/mol. The van der Waals surface area contributed by atoms with Crippen molar-refractivity contribution < 1.29 is 36.6 Å². The van der Waals surface area contributed by atoms with Gasteiger partial charge in [-0.05, 0) is 65.4 Å². The highest BCUT2D eigenvalue weighted by Crippen LogP contribution is 2.45. The predicted molar refractivity (Wildman–Crippen MR) is 130 cm³/mol. The first-order valence-electron chi connectivity index (χ1n) is 10.7. The summed E-state index contributed by atoms with van der Waals surface area (Å²) in [5, 5.41) is 17.1. The van der Waals surface area contributed by atoms with E-state index in [1.54, 1.807) is 0 Å². The molecule has 0 fully saturated rings. The van der Waals surface area contributed by atoms with Gasteiger partial charge in [0.2, 0.25) is 0 Å². The lowest BCUT2D eigenvalue weighted by Crippen LogP contribution is -2.41. The summed E-state index contributed by atoms with van der Waals surface area (Å²) < 4.78 is 67.7. The van der Waals surface area contributed by atoms with Gasteiger partial charge in [-0.2, -0.15) is 13.2 Å². The lowest BCUT2D eigenvalue weighted by Gasteiger charge is -2.27. The van der Waals surface area contributed by atoms with Gasteiger partial charge >= 0.3 is 6.18 Å². The Hall–Kier alpha value is -3.73. The number of anilines is 1. The second-order valence-electron chi connectivity index (χ2n) is 8.51. The van der Waals surface area contributed by atoms with Crippen molar-refractivity contribution in [2.75, 3.05) is 5.32 Å². The molecule has 1 aliphatic heterocycles. The third-order valence-electron chi connectivity index (χ3n) is 6.04. The summed E-state index contributed by atoms with van der Waals surface area (Å²) in [5.74, 6) is -4.09. The van der Waals surface area contributed by atoms with Crippen LogP contribution < -0.4 is 10.6 Å². The molecule has 12 heteroatoms. The van der Waals surface area contributed by atoms with E-state index in [9.17, 15) is 36.6 Å². The number of benzene rings is 4. The van der Waals surface area contributed by atoms with Crippen molar-refractivity contribution in [2.45, 2.75) is 11.9 Å². The number of aliphatic hydroxyl groups is 1. The number of carbonyl (C=O) groups is 2. The number of carbonyl (C=O) groups excluding carboxylic acids is 2. The number of hydrogen-bond acceptors (Lipinski definition) is 3. The van der Waals surface area contributed by atoms with Crippen LogP contribution in [0.25, 0.3) is 10.8 Å². The van der Waals surface area contributed by atoms with Gasteiger partial charge in [-0.3, -0.25) is 9.59 Å². The summed E-state index contributed by atoms with van der Waals surface area (Å²) in [4.78, 5) is 26.2. The number of rotatable bonds is 3. The standard InChI is InChI=1S/C26H13Cl2F5N2O3/c27-14-2-1-11-7-20(34-23(36)12-5-13(26(31,32)33)8-16(30)6-12)22-21(17(11)9-14)24(37)35-25(22,38)18-10-15(29)3-4-19(18)28/h1-10,38H,(H,34,36)(H,35,37). The van der Waals surface area contributed by atoms with Crippen LogP contribution in [0.2, 0.25) is 10.0 Å². The van der Waals surface area contributed by atoms with Gasteiger partial charge in [-0.15, -0.1) is 0 Å². The lowest BCUT2D eigenvalue weighted by molar-refractivity contribution is -0.137. The van der Waals surface area contributed by atoms with Crippen molar-refractivity contribution in [2.24, 2.45) is 0 Å². The highest BCUT2D eigenvalue weighted by molar-refractivity contribution is 6.32. The summed E-state index contributed by atoms with van der Waals surface area (Å²) in [7, 11) is 0. The van der Waals surface area contributed by atoms with Crippen molar-refractivity contribution in [3.63, 3.8) is 0 Å². The minimum atomic E-state index is -4.93. The van der Waals surface area contributed by atoms with Crippen molar-refractivity contribution in [3.05, 3.63) is 110 Å². The van der Waals surface area contributed by atoms with E-state index >= 15 is 0 Å². The second kappa shape index (κ2) is 8.93. The van der Waals surface area contributed by atoms with Gasteiger partial charge in [0.25, 0.3) is 11.8 Å².